The molecule has 2 rings (SSSR count). The third kappa shape index (κ3) is 4.24. The van der Waals surface area contributed by atoms with E-state index in [1.807, 2.05) is 27.7 Å². The highest BCUT2D eigenvalue weighted by molar-refractivity contribution is 5.85. The Bertz CT molecular complexity index is 717. The highest BCUT2D eigenvalue weighted by Gasteiger charge is 2.34. The minimum Gasteiger partial charge on any atom is -0.349 e. The van der Waals surface area contributed by atoms with Gasteiger partial charge in [0, 0.05) is 17.8 Å². The average Bonchev–Trinajstić information content (AvgIpc) is 2.99. The van der Waals surface area contributed by atoms with E-state index in [-0.39, 0.29) is 30.2 Å². The van der Waals surface area contributed by atoms with Gasteiger partial charge in [0.15, 0.2) is 0 Å². The lowest BCUT2D eigenvalue weighted by atomic mass is 9.81. The smallest absolute Gasteiger partial charge is 0.227 e. The number of benzene rings is 1. The van der Waals surface area contributed by atoms with Crippen LogP contribution in [0, 0.1) is 18.2 Å². The van der Waals surface area contributed by atoms with Gasteiger partial charge < -0.3 is 11.1 Å². The maximum atomic E-state index is 13.1. The van der Waals surface area contributed by atoms with Gasteiger partial charge in [0.1, 0.15) is 5.82 Å². The number of rotatable bonds is 7. The third-order valence-corrected chi connectivity index (χ3v) is 5.16. The van der Waals surface area contributed by atoms with Gasteiger partial charge in [-0.3, -0.25) is 4.79 Å². The van der Waals surface area contributed by atoms with Crippen LogP contribution in [0.15, 0.2) is 30.5 Å². The van der Waals surface area contributed by atoms with Crippen molar-refractivity contribution >= 4 is 18.3 Å². The van der Waals surface area contributed by atoms with Crippen molar-refractivity contribution in [2.75, 3.05) is 6.54 Å². The summed E-state index contributed by atoms with van der Waals surface area (Å²) in [6.07, 6.45) is 3.14. The quantitative estimate of drug-likeness (QED) is 0.767. The Morgan fingerprint density at radius 2 is 1.88 bits per heavy atom. The number of halogens is 2. The molecule has 0 aliphatic carbocycles. The Hall–Kier alpha value is -1.92. The topological polar surface area (TPSA) is 72.9 Å². The highest BCUT2D eigenvalue weighted by atomic mass is 35.5. The Kier molecular flexibility index (Phi) is 7.78. The molecule has 2 aromatic rings. The molecule has 1 amide bonds. The zero-order valence-corrected chi connectivity index (χ0v) is 16.6. The summed E-state index contributed by atoms with van der Waals surface area (Å²) < 4.78 is 14.8. The van der Waals surface area contributed by atoms with Gasteiger partial charge in [-0.15, -0.1) is 12.4 Å². The predicted molar refractivity (Wildman–Crippen MR) is 104 cm³/mol. The summed E-state index contributed by atoms with van der Waals surface area (Å²) in [4.78, 5) is 12.7. The van der Waals surface area contributed by atoms with Gasteiger partial charge >= 0.3 is 0 Å². The standard InChI is InChI=1S/C19H27FN4O.ClH/c1-5-19(6-2,12-21)18(25)23-13(3)17-11-22-24(14(17)4)16-9-7-15(20)8-10-16;/h7-11,13H,5-6,12,21H2,1-4H3,(H,23,25);1H. The van der Waals surface area contributed by atoms with Gasteiger partial charge in [0.2, 0.25) is 5.91 Å². The zero-order chi connectivity index (χ0) is 18.6. The molecule has 0 bridgehead atoms. The number of nitrogens with zero attached hydrogens (tertiary/aromatic N) is 2. The minimum atomic E-state index is -0.533. The molecular weight excluding hydrogens is 355 g/mol. The molecule has 1 atom stereocenters. The van der Waals surface area contributed by atoms with Gasteiger partial charge in [-0.25, -0.2) is 9.07 Å². The molecule has 1 unspecified atom stereocenters. The lowest BCUT2D eigenvalue weighted by molar-refractivity contribution is -0.131. The first kappa shape index (κ1) is 22.1. The fourth-order valence-electron chi connectivity index (χ4n) is 3.07. The van der Waals surface area contributed by atoms with Crippen LogP contribution in [-0.2, 0) is 4.79 Å². The fraction of sp³-hybridized carbons (Fsp3) is 0.474. The normalized spacial score (nSPS) is 12.4. The molecule has 144 valence electrons. The van der Waals surface area contributed by atoms with Crippen LogP contribution in [-0.4, -0.2) is 22.2 Å². The van der Waals surface area contributed by atoms with Crippen LogP contribution in [0.4, 0.5) is 4.39 Å². The number of amides is 1. The number of hydrogen-bond donors (Lipinski definition) is 2. The molecule has 5 nitrogen and oxygen atoms in total. The maximum absolute atomic E-state index is 13.1. The van der Waals surface area contributed by atoms with Crippen molar-refractivity contribution in [2.45, 2.75) is 46.6 Å². The summed E-state index contributed by atoms with van der Waals surface area (Å²) >= 11 is 0. The van der Waals surface area contributed by atoms with Crippen LogP contribution in [0.25, 0.3) is 5.69 Å². The van der Waals surface area contributed by atoms with Crippen LogP contribution < -0.4 is 11.1 Å². The first-order valence-corrected chi connectivity index (χ1v) is 8.70. The van der Waals surface area contributed by atoms with Gasteiger partial charge in [-0.1, -0.05) is 13.8 Å². The summed E-state index contributed by atoms with van der Waals surface area (Å²) in [6.45, 7) is 8.16. The third-order valence-electron chi connectivity index (χ3n) is 5.16. The molecule has 3 N–H and O–H groups in total. The Labute approximate surface area is 160 Å². The van der Waals surface area contributed by atoms with E-state index >= 15 is 0 Å². The van der Waals surface area contributed by atoms with E-state index in [0.29, 0.717) is 19.4 Å². The average molecular weight is 383 g/mol. The second-order valence-electron chi connectivity index (χ2n) is 6.46. The molecule has 7 heteroatoms. The van der Waals surface area contributed by atoms with E-state index in [9.17, 15) is 9.18 Å². The molecule has 0 aliphatic heterocycles. The van der Waals surface area contributed by atoms with Crippen molar-refractivity contribution in [3.8, 4) is 5.69 Å². The summed E-state index contributed by atoms with van der Waals surface area (Å²) in [5.41, 5.74) is 7.94. The molecule has 0 aliphatic rings. The zero-order valence-electron chi connectivity index (χ0n) is 15.8. The number of nitrogens with one attached hydrogen (secondary N) is 1. The molecule has 1 heterocycles. The van der Waals surface area contributed by atoms with Crippen molar-refractivity contribution in [3.63, 3.8) is 0 Å². The van der Waals surface area contributed by atoms with E-state index in [0.717, 1.165) is 16.9 Å². The number of carbonyl (C=O) groups is 1. The first-order chi connectivity index (χ1) is 11.9. The monoisotopic (exact) mass is 382 g/mol. The predicted octanol–water partition coefficient (Wildman–Crippen LogP) is 3.68. The molecule has 0 fully saturated rings. The molecule has 0 radical (unpaired) electrons. The van der Waals surface area contributed by atoms with Crippen LogP contribution >= 0.6 is 12.4 Å². The van der Waals surface area contributed by atoms with Gasteiger partial charge in [0.05, 0.1) is 23.3 Å². The lowest BCUT2D eigenvalue weighted by Crippen LogP contribution is -2.46. The number of carbonyl (C=O) groups excluding carboxylic acids is 1. The number of nitrogens with two attached hydrogens (primary N) is 1. The molecule has 1 aromatic heterocycles. The van der Waals surface area contributed by atoms with Crippen molar-refractivity contribution in [1.82, 2.24) is 15.1 Å². The summed E-state index contributed by atoms with van der Waals surface area (Å²) in [5.74, 6) is -0.312. The summed E-state index contributed by atoms with van der Waals surface area (Å²) in [7, 11) is 0. The first-order valence-electron chi connectivity index (χ1n) is 8.70. The van der Waals surface area contributed by atoms with Crippen molar-refractivity contribution in [1.29, 1.82) is 0 Å². The molecular formula is C19H28ClFN4O. The number of aromatic nitrogens is 2. The second-order valence-corrected chi connectivity index (χ2v) is 6.46. The van der Waals surface area contributed by atoms with Crippen molar-refractivity contribution in [3.05, 3.63) is 47.5 Å². The Morgan fingerprint density at radius 3 is 2.38 bits per heavy atom. The van der Waals surface area contributed by atoms with E-state index in [2.05, 4.69) is 10.4 Å². The van der Waals surface area contributed by atoms with Crippen LogP contribution in [0.5, 0.6) is 0 Å². The van der Waals surface area contributed by atoms with E-state index < -0.39 is 5.41 Å². The highest BCUT2D eigenvalue weighted by Crippen LogP contribution is 2.27. The Balaban J connectivity index is 0.00000338. The fourth-order valence-corrected chi connectivity index (χ4v) is 3.07. The van der Waals surface area contributed by atoms with Crippen LogP contribution in [0.2, 0.25) is 0 Å². The largest absolute Gasteiger partial charge is 0.349 e. The van der Waals surface area contributed by atoms with Crippen molar-refractivity contribution in [2.24, 2.45) is 11.1 Å². The molecule has 0 saturated carbocycles. The SMILES string of the molecule is CCC(CC)(CN)C(=O)NC(C)c1cnn(-c2ccc(F)cc2)c1C.Cl. The number of hydrogen-bond acceptors (Lipinski definition) is 3. The Morgan fingerprint density at radius 1 is 1.31 bits per heavy atom. The summed E-state index contributed by atoms with van der Waals surface area (Å²) in [6, 6.07) is 5.97. The molecule has 26 heavy (non-hydrogen) atoms. The van der Waals surface area contributed by atoms with Gasteiger partial charge in [0.25, 0.3) is 0 Å². The van der Waals surface area contributed by atoms with Crippen molar-refractivity contribution < 1.29 is 9.18 Å². The summed E-state index contributed by atoms with van der Waals surface area (Å²) in [5, 5.41) is 7.46. The molecule has 0 spiro atoms. The lowest BCUT2D eigenvalue weighted by Gasteiger charge is -2.30. The molecule has 1 aromatic carbocycles. The molecule has 0 saturated heterocycles. The van der Waals surface area contributed by atoms with Gasteiger partial charge in [-0.05, 0) is 51.0 Å². The van der Waals surface area contributed by atoms with E-state index in [4.69, 9.17) is 5.73 Å². The van der Waals surface area contributed by atoms with E-state index in [1.165, 1.54) is 12.1 Å². The van der Waals surface area contributed by atoms with Gasteiger partial charge in [-0.2, -0.15) is 5.10 Å². The van der Waals surface area contributed by atoms with Crippen LogP contribution in [0.3, 0.4) is 0 Å². The second kappa shape index (κ2) is 9.14. The maximum Gasteiger partial charge on any atom is 0.227 e. The van der Waals surface area contributed by atoms with Crippen LogP contribution in [0.1, 0.15) is 50.9 Å². The van der Waals surface area contributed by atoms with E-state index in [1.54, 1.807) is 23.0 Å². The minimum absolute atomic E-state index is 0.